The van der Waals surface area contributed by atoms with Crippen molar-refractivity contribution in [3.8, 4) is 10.6 Å². The number of benzene rings is 3. The second-order valence-electron chi connectivity index (χ2n) is 9.53. The largest absolute Gasteiger partial charge is 0.387 e. The molecule has 0 radical (unpaired) electrons. The molecule has 2 aromatic heterocycles. The highest BCUT2D eigenvalue weighted by Crippen LogP contribution is 2.27. The molecule has 0 aliphatic rings. The number of aromatic nitrogens is 2. The Morgan fingerprint density at radius 2 is 1.66 bits per heavy atom. The zero-order chi connectivity index (χ0) is 28.7. The number of thiazole rings is 1. The molecule has 7 nitrogen and oxygen atoms in total. The van der Waals surface area contributed by atoms with Crippen molar-refractivity contribution < 1.29 is 17.9 Å². The third-order valence-electron chi connectivity index (χ3n) is 6.47. The van der Waals surface area contributed by atoms with Gasteiger partial charge in [0.1, 0.15) is 10.8 Å². The average Bonchev–Trinajstić information content (AvgIpc) is 3.46. The molecule has 0 amide bonds. The first-order valence-electron chi connectivity index (χ1n) is 13.1. The number of nitrogens with one attached hydrogen (secondary N) is 2. The van der Waals surface area contributed by atoms with E-state index in [-0.39, 0.29) is 10.7 Å². The summed E-state index contributed by atoms with van der Waals surface area (Å²) in [5.74, 6) is -0.270. The fraction of sp³-hybridized carbons (Fsp3) is 0.161. The van der Waals surface area contributed by atoms with Gasteiger partial charge in [-0.15, -0.1) is 11.3 Å². The van der Waals surface area contributed by atoms with E-state index in [9.17, 15) is 17.9 Å². The van der Waals surface area contributed by atoms with Gasteiger partial charge >= 0.3 is 0 Å². The first kappa shape index (κ1) is 28.6. The summed E-state index contributed by atoms with van der Waals surface area (Å²) >= 11 is 1.48. The average molecular weight is 589 g/mol. The molecule has 0 saturated carbocycles. The molecule has 0 aliphatic carbocycles. The smallest absolute Gasteiger partial charge is 0.261 e. The van der Waals surface area contributed by atoms with E-state index in [0.29, 0.717) is 25.2 Å². The zero-order valence-electron chi connectivity index (χ0n) is 22.1. The van der Waals surface area contributed by atoms with E-state index in [1.807, 2.05) is 23.6 Å². The number of hydrogen-bond donors (Lipinski definition) is 3. The highest BCUT2D eigenvalue weighted by atomic mass is 32.2. The van der Waals surface area contributed by atoms with Crippen molar-refractivity contribution in [2.45, 2.75) is 23.8 Å². The molecule has 2 heterocycles. The summed E-state index contributed by atoms with van der Waals surface area (Å²) in [6.07, 6.45) is 4.02. The number of anilines is 1. The third-order valence-corrected chi connectivity index (χ3v) is 8.80. The van der Waals surface area contributed by atoms with Crippen LogP contribution in [-0.2, 0) is 22.9 Å². The van der Waals surface area contributed by atoms with Crippen LogP contribution in [0.25, 0.3) is 10.6 Å². The molecule has 1 atom stereocenters. The number of pyridine rings is 1. The van der Waals surface area contributed by atoms with Gasteiger partial charge in [0.15, 0.2) is 0 Å². The summed E-state index contributed by atoms with van der Waals surface area (Å²) in [6, 6.07) is 23.8. The Hall–Kier alpha value is -3.96. The molecular weight excluding hydrogens is 559 g/mol. The van der Waals surface area contributed by atoms with Crippen molar-refractivity contribution >= 4 is 27.0 Å². The molecule has 210 valence electrons. The lowest BCUT2D eigenvalue weighted by atomic mass is 10.1. The summed E-state index contributed by atoms with van der Waals surface area (Å²) in [5.41, 5.74) is 4.95. The van der Waals surface area contributed by atoms with Gasteiger partial charge in [-0.3, -0.25) is 9.71 Å². The lowest BCUT2D eigenvalue weighted by molar-refractivity contribution is 0.174. The van der Waals surface area contributed by atoms with Crippen molar-refractivity contribution in [1.82, 2.24) is 15.3 Å². The van der Waals surface area contributed by atoms with Gasteiger partial charge in [0.2, 0.25) is 0 Å². The van der Waals surface area contributed by atoms with Gasteiger partial charge in [0.25, 0.3) is 10.0 Å². The first-order valence-corrected chi connectivity index (χ1v) is 15.4. The van der Waals surface area contributed by atoms with Crippen LogP contribution in [-0.4, -0.2) is 36.6 Å². The molecule has 0 spiro atoms. The van der Waals surface area contributed by atoms with Crippen molar-refractivity contribution in [3.05, 3.63) is 131 Å². The van der Waals surface area contributed by atoms with Gasteiger partial charge in [-0.25, -0.2) is 17.8 Å². The second-order valence-corrected chi connectivity index (χ2v) is 12.1. The summed E-state index contributed by atoms with van der Waals surface area (Å²) in [6.45, 7) is 1.09. The van der Waals surface area contributed by atoms with Gasteiger partial charge < -0.3 is 10.4 Å². The Kier molecular flexibility index (Phi) is 9.15. The Labute approximate surface area is 242 Å². The molecule has 3 N–H and O–H groups in total. The standard InChI is InChI=1S/C31H29FN4O3S2/c32-26-9-3-23(4-10-26)18-28-21-40-31(35-28)24-7-13-29(14-8-24)41(38,39)36-27-11-5-22(6-12-27)15-17-34-20-30(37)25-2-1-16-33-19-25/h1-14,16,19,21,30,34,36-37H,15,17-18,20H2/t30-/m0/s1. The predicted molar refractivity (Wildman–Crippen MR) is 160 cm³/mol. The summed E-state index contributed by atoms with van der Waals surface area (Å²) in [7, 11) is -3.76. The number of nitrogens with zero attached hydrogens (tertiary/aromatic N) is 2. The van der Waals surface area contributed by atoms with Crippen molar-refractivity contribution in [2.24, 2.45) is 0 Å². The van der Waals surface area contributed by atoms with Gasteiger partial charge in [-0.05, 0) is 66.6 Å². The van der Waals surface area contributed by atoms with E-state index < -0.39 is 16.1 Å². The molecule has 0 unspecified atom stereocenters. The van der Waals surface area contributed by atoms with E-state index in [1.54, 1.807) is 67.0 Å². The monoisotopic (exact) mass is 588 g/mol. The number of halogens is 1. The number of hydrogen-bond acceptors (Lipinski definition) is 7. The van der Waals surface area contributed by atoms with E-state index in [4.69, 9.17) is 0 Å². The Morgan fingerprint density at radius 1 is 0.927 bits per heavy atom. The van der Waals surface area contributed by atoms with Gasteiger partial charge in [-0.2, -0.15) is 0 Å². The van der Waals surface area contributed by atoms with Crippen LogP contribution in [0.5, 0.6) is 0 Å². The van der Waals surface area contributed by atoms with Gasteiger partial charge in [-0.1, -0.05) is 42.5 Å². The molecule has 0 saturated heterocycles. The van der Waals surface area contributed by atoms with Crippen LogP contribution in [0.4, 0.5) is 10.1 Å². The molecule has 0 bridgehead atoms. The highest BCUT2D eigenvalue weighted by molar-refractivity contribution is 7.92. The maximum atomic E-state index is 13.1. The Balaban J connectivity index is 1.12. The maximum Gasteiger partial charge on any atom is 0.261 e. The fourth-order valence-corrected chi connectivity index (χ4v) is 6.11. The van der Waals surface area contributed by atoms with Crippen molar-refractivity contribution in [1.29, 1.82) is 0 Å². The Morgan fingerprint density at radius 3 is 2.37 bits per heavy atom. The molecule has 5 rings (SSSR count). The van der Waals surface area contributed by atoms with E-state index >= 15 is 0 Å². The van der Waals surface area contributed by atoms with E-state index in [1.165, 1.54) is 23.5 Å². The third kappa shape index (κ3) is 7.83. The maximum absolute atomic E-state index is 13.1. The van der Waals surface area contributed by atoms with E-state index in [2.05, 4.69) is 20.0 Å². The molecular formula is C31H29FN4O3S2. The van der Waals surface area contributed by atoms with Crippen LogP contribution in [0, 0.1) is 5.82 Å². The summed E-state index contributed by atoms with van der Waals surface area (Å²) in [4.78, 5) is 8.83. The molecule has 10 heteroatoms. The quantitative estimate of drug-likeness (QED) is 0.164. The normalized spacial score (nSPS) is 12.2. The Bertz CT molecular complexity index is 1660. The van der Waals surface area contributed by atoms with Gasteiger partial charge in [0, 0.05) is 47.6 Å². The summed E-state index contributed by atoms with van der Waals surface area (Å²) in [5, 5.41) is 16.2. The second kappa shape index (κ2) is 13.1. The molecule has 0 fully saturated rings. The van der Waals surface area contributed by atoms with Crippen LogP contribution in [0.1, 0.15) is 28.5 Å². The van der Waals surface area contributed by atoms with Crippen LogP contribution in [0.3, 0.4) is 0 Å². The first-order chi connectivity index (χ1) is 19.9. The lowest BCUT2D eigenvalue weighted by Gasteiger charge is -2.12. The molecule has 41 heavy (non-hydrogen) atoms. The van der Waals surface area contributed by atoms with Crippen LogP contribution in [0.2, 0.25) is 0 Å². The number of sulfonamides is 1. The topological polar surface area (TPSA) is 104 Å². The van der Waals surface area contributed by atoms with Crippen molar-refractivity contribution in [3.63, 3.8) is 0 Å². The van der Waals surface area contributed by atoms with Crippen LogP contribution in [0.15, 0.2) is 108 Å². The number of aliphatic hydroxyl groups excluding tert-OH is 1. The minimum absolute atomic E-state index is 0.157. The minimum Gasteiger partial charge on any atom is -0.387 e. The summed E-state index contributed by atoms with van der Waals surface area (Å²) < 4.78 is 41.7. The van der Waals surface area contributed by atoms with Crippen LogP contribution < -0.4 is 10.0 Å². The highest BCUT2D eigenvalue weighted by Gasteiger charge is 2.15. The van der Waals surface area contributed by atoms with Gasteiger partial charge in [0.05, 0.1) is 16.7 Å². The zero-order valence-corrected chi connectivity index (χ0v) is 23.7. The van der Waals surface area contributed by atoms with Crippen molar-refractivity contribution in [2.75, 3.05) is 17.8 Å². The molecule has 0 aliphatic heterocycles. The number of rotatable bonds is 12. The molecule has 5 aromatic rings. The fourth-order valence-electron chi connectivity index (χ4n) is 4.22. The van der Waals surface area contributed by atoms with E-state index in [0.717, 1.165) is 39.4 Å². The predicted octanol–water partition coefficient (Wildman–Crippen LogP) is 5.60. The SMILES string of the molecule is O=S(=O)(Nc1ccc(CCNC[C@H](O)c2cccnc2)cc1)c1ccc(-c2nc(Cc3ccc(F)cc3)cs2)cc1. The number of aliphatic hydroxyl groups is 1. The lowest BCUT2D eigenvalue weighted by Crippen LogP contribution is -2.23. The minimum atomic E-state index is -3.76. The van der Waals surface area contributed by atoms with Crippen LogP contribution >= 0.6 is 11.3 Å². The molecule has 3 aromatic carbocycles.